The molecule has 0 saturated heterocycles. The maximum Gasteiger partial charge on any atom is 0.254 e. The van der Waals surface area contributed by atoms with Crippen molar-refractivity contribution >= 4 is 11.6 Å². The van der Waals surface area contributed by atoms with Crippen molar-refractivity contribution in [2.24, 2.45) is 0 Å². The second-order valence-electron chi connectivity index (χ2n) is 4.85. The van der Waals surface area contributed by atoms with E-state index in [2.05, 4.69) is 0 Å². The van der Waals surface area contributed by atoms with Gasteiger partial charge in [0.25, 0.3) is 5.91 Å². The predicted octanol–water partition coefficient (Wildman–Crippen LogP) is 3.59. The van der Waals surface area contributed by atoms with E-state index in [1.54, 1.807) is 4.90 Å². The van der Waals surface area contributed by atoms with Crippen LogP contribution < -0.4 is 5.73 Å². The topological polar surface area (TPSA) is 46.3 Å². The molecule has 0 radical (unpaired) electrons. The van der Waals surface area contributed by atoms with Crippen LogP contribution in [-0.4, -0.2) is 23.9 Å². The van der Waals surface area contributed by atoms with Gasteiger partial charge in [0, 0.05) is 18.7 Å². The summed E-state index contributed by atoms with van der Waals surface area (Å²) in [6, 6.07) is 2.01. The van der Waals surface area contributed by atoms with Gasteiger partial charge in [0.1, 0.15) is 17.3 Å². The van der Waals surface area contributed by atoms with Crippen LogP contribution in [-0.2, 0) is 0 Å². The first-order chi connectivity index (χ1) is 9.51. The molecule has 0 bridgehead atoms. The van der Waals surface area contributed by atoms with Gasteiger partial charge in [-0.3, -0.25) is 4.79 Å². The van der Waals surface area contributed by atoms with Crippen LogP contribution in [0.4, 0.5) is 14.5 Å². The monoisotopic (exact) mass is 284 g/mol. The van der Waals surface area contributed by atoms with Gasteiger partial charge in [-0.25, -0.2) is 8.78 Å². The third-order valence-corrected chi connectivity index (χ3v) is 3.18. The van der Waals surface area contributed by atoms with E-state index >= 15 is 0 Å². The fourth-order valence-electron chi connectivity index (χ4n) is 1.90. The van der Waals surface area contributed by atoms with Gasteiger partial charge in [-0.2, -0.15) is 0 Å². The lowest BCUT2D eigenvalue weighted by molar-refractivity contribution is 0.0750. The van der Waals surface area contributed by atoms with Crippen molar-refractivity contribution in [3.05, 3.63) is 29.3 Å². The Balaban J connectivity index is 2.92. The molecule has 3 nitrogen and oxygen atoms in total. The van der Waals surface area contributed by atoms with Crippen molar-refractivity contribution in [1.82, 2.24) is 4.90 Å². The number of nitrogens with zero attached hydrogens (tertiary/aromatic N) is 1. The smallest absolute Gasteiger partial charge is 0.254 e. The molecule has 0 aliphatic carbocycles. The third kappa shape index (κ3) is 4.18. The van der Waals surface area contributed by atoms with Crippen LogP contribution in [0.15, 0.2) is 12.1 Å². The van der Waals surface area contributed by atoms with Crippen molar-refractivity contribution < 1.29 is 13.6 Å². The first kappa shape index (κ1) is 16.4. The lowest BCUT2D eigenvalue weighted by Gasteiger charge is -2.22. The maximum atomic E-state index is 13.4. The molecule has 0 unspecified atom stereocenters. The summed E-state index contributed by atoms with van der Waals surface area (Å²) in [7, 11) is 0. The average molecular weight is 284 g/mol. The first-order valence-corrected chi connectivity index (χ1v) is 7.05. The number of amides is 1. The molecule has 0 saturated carbocycles. The highest BCUT2D eigenvalue weighted by atomic mass is 19.1. The summed E-state index contributed by atoms with van der Waals surface area (Å²) in [5.74, 6) is -2.12. The van der Waals surface area contributed by atoms with Crippen molar-refractivity contribution in [1.29, 1.82) is 0 Å². The molecule has 0 aliphatic heterocycles. The highest BCUT2D eigenvalue weighted by Crippen LogP contribution is 2.19. The largest absolute Gasteiger partial charge is 0.394 e. The molecule has 0 aromatic heterocycles. The summed E-state index contributed by atoms with van der Waals surface area (Å²) in [6.45, 7) is 5.27. The number of halogens is 2. The maximum absolute atomic E-state index is 13.4. The molecular weight excluding hydrogens is 262 g/mol. The van der Waals surface area contributed by atoms with Crippen molar-refractivity contribution in [3.8, 4) is 0 Å². The number of carbonyl (C=O) groups excluding carboxylic acids is 1. The molecule has 1 rings (SSSR count). The van der Waals surface area contributed by atoms with Gasteiger partial charge in [0.2, 0.25) is 0 Å². The minimum absolute atomic E-state index is 0.0152. The summed E-state index contributed by atoms with van der Waals surface area (Å²) in [6.07, 6.45) is 3.66. The van der Waals surface area contributed by atoms with Gasteiger partial charge in [0.05, 0.1) is 0 Å². The zero-order valence-corrected chi connectivity index (χ0v) is 12.1. The van der Waals surface area contributed by atoms with Crippen LogP contribution >= 0.6 is 0 Å². The molecule has 0 aliphatic rings. The Labute approximate surface area is 118 Å². The van der Waals surface area contributed by atoms with E-state index in [0.717, 1.165) is 37.8 Å². The number of nitrogen functional groups attached to an aromatic ring is 1. The number of unbranched alkanes of at least 4 members (excludes halogenated alkanes) is 2. The molecule has 0 atom stereocenters. The third-order valence-electron chi connectivity index (χ3n) is 3.18. The second-order valence-corrected chi connectivity index (χ2v) is 4.85. The van der Waals surface area contributed by atoms with Gasteiger partial charge in [-0.15, -0.1) is 0 Å². The zero-order valence-electron chi connectivity index (χ0n) is 12.1. The summed E-state index contributed by atoms with van der Waals surface area (Å²) in [4.78, 5) is 14.0. The number of anilines is 1. The van der Waals surface area contributed by atoms with E-state index in [9.17, 15) is 13.6 Å². The molecule has 0 fully saturated rings. The lowest BCUT2D eigenvalue weighted by Crippen LogP contribution is -2.33. The van der Waals surface area contributed by atoms with Crippen molar-refractivity contribution in [2.45, 2.75) is 39.5 Å². The molecular formula is C15H22F2N2O. The molecule has 1 amide bonds. The van der Waals surface area contributed by atoms with Crippen molar-refractivity contribution in [2.75, 3.05) is 18.8 Å². The average Bonchev–Trinajstić information content (AvgIpc) is 2.43. The van der Waals surface area contributed by atoms with E-state index in [1.165, 1.54) is 0 Å². The normalized spacial score (nSPS) is 10.6. The Bertz CT molecular complexity index is 432. The zero-order chi connectivity index (χ0) is 15.1. The van der Waals surface area contributed by atoms with Crippen LogP contribution in [0.1, 0.15) is 49.9 Å². The molecule has 5 heteroatoms. The van der Waals surface area contributed by atoms with Gasteiger partial charge in [0.15, 0.2) is 0 Å². The Hall–Kier alpha value is -1.65. The van der Waals surface area contributed by atoms with Crippen LogP contribution in [0, 0.1) is 11.6 Å². The standard InChI is InChI=1S/C15H22F2N2O/c1-3-5-7-19(8-6-4-2)15(20)11-9-12(16)14(18)13(17)10-11/h9-10H,3-8,18H2,1-2H3. The minimum atomic E-state index is -0.890. The molecule has 2 N–H and O–H groups in total. The quantitative estimate of drug-likeness (QED) is 0.778. The highest BCUT2D eigenvalue weighted by Gasteiger charge is 2.18. The minimum Gasteiger partial charge on any atom is -0.394 e. The summed E-state index contributed by atoms with van der Waals surface area (Å²) >= 11 is 0. The first-order valence-electron chi connectivity index (χ1n) is 7.05. The molecule has 1 aromatic carbocycles. The Morgan fingerprint density at radius 1 is 1.10 bits per heavy atom. The molecule has 20 heavy (non-hydrogen) atoms. The van der Waals surface area contributed by atoms with E-state index in [-0.39, 0.29) is 11.5 Å². The SMILES string of the molecule is CCCCN(CCCC)C(=O)c1cc(F)c(N)c(F)c1. The van der Waals surface area contributed by atoms with E-state index < -0.39 is 17.3 Å². The highest BCUT2D eigenvalue weighted by molar-refractivity contribution is 5.94. The van der Waals surface area contributed by atoms with Gasteiger partial charge >= 0.3 is 0 Å². The number of hydrogen-bond acceptors (Lipinski definition) is 2. The van der Waals surface area contributed by atoms with Crippen LogP contribution in [0.5, 0.6) is 0 Å². The van der Waals surface area contributed by atoms with Crippen LogP contribution in [0.2, 0.25) is 0 Å². The van der Waals surface area contributed by atoms with Crippen LogP contribution in [0.25, 0.3) is 0 Å². The summed E-state index contributed by atoms with van der Waals surface area (Å²) in [5.41, 5.74) is 4.68. The summed E-state index contributed by atoms with van der Waals surface area (Å²) in [5, 5.41) is 0. The predicted molar refractivity (Wildman–Crippen MR) is 76.5 cm³/mol. The molecule has 112 valence electrons. The number of hydrogen-bond donors (Lipinski definition) is 1. The van der Waals surface area contributed by atoms with Crippen LogP contribution in [0.3, 0.4) is 0 Å². The number of carbonyl (C=O) groups is 1. The summed E-state index contributed by atoms with van der Waals surface area (Å²) < 4.78 is 26.9. The van der Waals surface area contributed by atoms with E-state index in [1.807, 2.05) is 13.8 Å². The van der Waals surface area contributed by atoms with Gasteiger partial charge < -0.3 is 10.6 Å². The lowest BCUT2D eigenvalue weighted by atomic mass is 10.1. The number of rotatable bonds is 7. The molecule has 0 spiro atoms. The van der Waals surface area contributed by atoms with Gasteiger partial charge in [-0.1, -0.05) is 26.7 Å². The molecule has 0 heterocycles. The van der Waals surface area contributed by atoms with Gasteiger partial charge in [-0.05, 0) is 25.0 Å². The fourth-order valence-corrected chi connectivity index (χ4v) is 1.90. The number of benzene rings is 1. The molecule has 1 aromatic rings. The number of nitrogens with two attached hydrogens (primary N) is 1. The fraction of sp³-hybridized carbons (Fsp3) is 0.533. The Kier molecular flexibility index (Phi) is 6.42. The Morgan fingerprint density at radius 2 is 1.55 bits per heavy atom. The van der Waals surface area contributed by atoms with E-state index in [4.69, 9.17) is 5.73 Å². The Morgan fingerprint density at radius 3 is 1.95 bits per heavy atom. The second kappa shape index (κ2) is 7.82. The van der Waals surface area contributed by atoms with Crippen molar-refractivity contribution in [3.63, 3.8) is 0 Å². The van der Waals surface area contributed by atoms with E-state index in [0.29, 0.717) is 13.1 Å².